The number of hydrogen-bond acceptors (Lipinski definition) is 4. The van der Waals surface area contributed by atoms with E-state index < -0.39 is 5.60 Å². The molecular weight excluding hydrogens is 460 g/mol. The molecule has 6 heteroatoms. The van der Waals surface area contributed by atoms with E-state index in [4.69, 9.17) is 9.72 Å². The Morgan fingerprint density at radius 1 is 1.08 bits per heavy atom. The molecule has 3 heterocycles. The van der Waals surface area contributed by atoms with E-state index in [0.29, 0.717) is 24.6 Å². The molecule has 2 aromatic heterocycles. The van der Waals surface area contributed by atoms with Crippen molar-refractivity contribution >= 4 is 17.1 Å². The molecule has 37 heavy (non-hydrogen) atoms. The molecule has 0 bridgehead atoms. The van der Waals surface area contributed by atoms with Crippen LogP contribution in [0.3, 0.4) is 0 Å². The first-order valence-corrected chi connectivity index (χ1v) is 12.8. The molecule has 1 atom stereocenters. The minimum Gasteiger partial charge on any atom is -0.444 e. The van der Waals surface area contributed by atoms with Crippen molar-refractivity contribution in [2.75, 3.05) is 13.1 Å². The third kappa shape index (κ3) is 5.36. The van der Waals surface area contributed by atoms with Crippen LogP contribution in [0.2, 0.25) is 0 Å². The number of nitrogens with zero attached hydrogens (tertiary/aromatic N) is 4. The lowest BCUT2D eigenvalue weighted by Crippen LogP contribution is -2.35. The number of rotatable bonds is 4. The van der Waals surface area contributed by atoms with Crippen LogP contribution in [-0.4, -0.2) is 39.2 Å². The van der Waals surface area contributed by atoms with Gasteiger partial charge in [-0.3, -0.25) is 0 Å². The van der Waals surface area contributed by atoms with Gasteiger partial charge in [-0.2, -0.15) is 5.26 Å². The van der Waals surface area contributed by atoms with Crippen LogP contribution in [0.5, 0.6) is 0 Å². The SMILES string of the molecule is Cc1ccc(-c2nc3ccn(C[C@@H]4CCN(C(=O)OC(C)(C)C)C4)c3cc2-c2ccc(C#N)cc2)cc1. The highest BCUT2D eigenvalue weighted by molar-refractivity contribution is 5.90. The zero-order valence-corrected chi connectivity index (χ0v) is 21.9. The zero-order chi connectivity index (χ0) is 26.2. The average Bonchev–Trinajstić information content (AvgIpc) is 3.50. The van der Waals surface area contributed by atoms with Crippen molar-refractivity contribution in [2.24, 2.45) is 5.92 Å². The molecule has 188 valence electrons. The third-order valence-electron chi connectivity index (χ3n) is 6.80. The number of benzene rings is 2. The Bertz CT molecular complexity index is 1470. The lowest BCUT2D eigenvalue weighted by atomic mass is 9.97. The van der Waals surface area contributed by atoms with Gasteiger partial charge in [-0.05, 0) is 69.9 Å². The highest BCUT2D eigenvalue weighted by Crippen LogP contribution is 2.34. The molecule has 5 rings (SSSR count). The summed E-state index contributed by atoms with van der Waals surface area (Å²) >= 11 is 0. The van der Waals surface area contributed by atoms with Gasteiger partial charge >= 0.3 is 6.09 Å². The molecule has 1 aliphatic rings. The largest absolute Gasteiger partial charge is 0.444 e. The summed E-state index contributed by atoms with van der Waals surface area (Å²) in [6.07, 6.45) is 2.80. The number of likely N-dealkylation sites (tertiary alicyclic amines) is 1. The number of nitriles is 1. The van der Waals surface area contributed by atoms with Crippen molar-refractivity contribution in [3.63, 3.8) is 0 Å². The van der Waals surface area contributed by atoms with E-state index in [1.54, 1.807) is 0 Å². The molecule has 4 aromatic rings. The van der Waals surface area contributed by atoms with Crippen LogP contribution >= 0.6 is 0 Å². The van der Waals surface area contributed by atoms with Crippen molar-refractivity contribution in [3.8, 4) is 28.5 Å². The molecule has 0 spiro atoms. The fourth-order valence-electron chi connectivity index (χ4n) is 4.90. The lowest BCUT2D eigenvalue weighted by Gasteiger charge is -2.24. The molecule has 0 saturated carbocycles. The van der Waals surface area contributed by atoms with Crippen molar-refractivity contribution in [3.05, 3.63) is 78.0 Å². The molecule has 1 amide bonds. The molecule has 0 radical (unpaired) electrons. The summed E-state index contributed by atoms with van der Waals surface area (Å²) in [5, 5.41) is 9.25. The van der Waals surface area contributed by atoms with Crippen LogP contribution in [0, 0.1) is 24.2 Å². The van der Waals surface area contributed by atoms with Gasteiger partial charge < -0.3 is 14.2 Å². The minimum atomic E-state index is -0.492. The van der Waals surface area contributed by atoms with Crippen molar-refractivity contribution in [1.29, 1.82) is 5.26 Å². The van der Waals surface area contributed by atoms with Gasteiger partial charge in [0.15, 0.2) is 0 Å². The summed E-state index contributed by atoms with van der Waals surface area (Å²) in [5.74, 6) is 0.346. The van der Waals surface area contributed by atoms with Gasteiger partial charge in [-0.15, -0.1) is 0 Å². The Morgan fingerprint density at radius 2 is 1.78 bits per heavy atom. The maximum absolute atomic E-state index is 12.5. The first-order valence-electron chi connectivity index (χ1n) is 12.8. The van der Waals surface area contributed by atoms with Gasteiger partial charge in [0.2, 0.25) is 0 Å². The highest BCUT2D eigenvalue weighted by atomic mass is 16.6. The number of pyridine rings is 1. The smallest absolute Gasteiger partial charge is 0.410 e. The topological polar surface area (TPSA) is 71.2 Å². The summed E-state index contributed by atoms with van der Waals surface area (Å²) < 4.78 is 7.82. The summed E-state index contributed by atoms with van der Waals surface area (Å²) in [6, 6.07) is 22.6. The summed E-state index contributed by atoms with van der Waals surface area (Å²) in [6.45, 7) is 9.97. The van der Waals surface area contributed by atoms with Crippen LogP contribution in [-0.2, 0) is 11.3 Å². The second-order valence-corrected chi connectivity index (χ2v) is 10.9. The van der Waals surface area contributed by atoms with Gasteiger partial charge in [-0.1, -0.05) is 42.0 Å². The number of hydrogen-bond donors (Lipinski definition) is 0. The normalized spacial score (nSPS) is 15.6. The average molecular weight is 493 g/mol. The molecule has 2 aromatic carbocycles. The van der Waals surface area contributed by atoms with E-state index in [1.165, 1.54) is 5.56 Å². The second kappa shape index (κ2) is 9.74. The predicted octanol–water partition coefficient (Wildman–Crippen LogP) is 6.81. The highest BCUT2D eigenvalue weighted by Gasteiger charge is 2.30. The van der Waals surface area contributed by atoms with E-state index in [2.05, 4.69) is 60.2 Å². The van der Waals surface area contributed by atoms with Crippen LogP contribution in [0.4, 0.5) is 4.79 Å². The van der Waals surface area contributed by atoms with Gasteiger partial charge in [0.1, 0.15) is 5.60 Å². The number of carbonyl (C=O) groups is 1. The quantitative estimate of drug-likeness (QED) is 0.314. The summed E-state index contributed by atoms with van der Waals surface area (Å²) in [7, 11) is 0. The van der Waals surface area contributed by atoms with Gasteiger partial charge in [-0.25, -0.2) is 9.78 Å². The Hall–Kier alpha value is -4.11. The first kappa shape index (κ1) is 24.6. The molecule has 1 fully saturated rings. The lowest BCUT2D eigenvalue weighted by molar-refractivity contribution is 0.0287. The fourth-order valence-corrected chi connectivity index (χ4v) is 4.90. The van der Waals surface area contributed by atoms with E-state index in [9.17, 15) is 10.1 Å². The number of aryl methyl sites for hydroxylation is 1. The number of aromatic nitrogens is 2. The van der Waals surface area contributed by atoms with Crippen LogP contribution in [0.1, 0.15) is 38.3 Å². The van der Waals surface area contributed by atoms with E-state index in [0.717, 1.165) is 46.4 Å². The Morgan fingerprint density at radius 3 is 2.46 bits per heavy atom. The standard InChI is InChI=1S/C31H32N4O2/c1-21-5-9-25(10-6-21)29-26(24-11-7-22(18-32)8-12-24)17-28-27(33-29)14-16-34(28)19-23-13-15-35(20-23)30(36)37-31(2,3)4/h5-12,14,16-17,23H,13,15,19-20H2,1-4H3/t23-/m0/s1. The third-order valence-corrected chi connectivity index (χ3v) is 6.80. The van der Waals surface area contributed by atoms with E-state index in [-0.39, 0.29) is 6.09 Å². The minimum absolute atomic E-state index is 0.236. The molecule has 0 aliphatic carbocycles. The maximum Gasteiger partial charge on any atom is 0.410 e. The van der Waals surface area contributed by atoms with Crippen LogP contribution in [0.25, 0.3) is 33.4 Å². The molecule has 1 aliphatic heterocycles. The second-order valence-electron chi connectivity index (χ2n) is 10.9. The van der Waals surface area contributed by atoms with Crippen molar-refractivity contribution in [2.45, 2.75) is 46.3 Å². The monoisotopic (exact) mass is 492 g/mol. The number of amides is 1. The first-order chi connectivity index (χ1) is 17.7. The molecule has 0 N–H and O–H groups in total. The van der Waals surface area contributed by atoms with Crippen molar-refractivity contribution in [1.82, 2.24) is 14.5 Å². The summed E-state index contributed by atoms with van der Waals surface area (Å²) in [5.41, 5.74) is 7.38. The van der Waals surface area contributed by atoms with Gasteiger partial charge in [0, 0.05) is 37.0 Å². The summed E-state index contributed by atoms with van der Waals surface area (Å²) in [4.78, 5) is 19.4. The predicted molar refractivity (Wildman–Crippen MR) is 146 cm³/mol. The maximum atomic E-state index is 12.5. The van der Waals surface area contributed by atoms with Crippen LogP contribution < -0.4 is 0 Å². The van der Waals surface area contributed by atoms with Gasteiger partial charge in [0.05, 0.1) is 28.4 Å². The number of carbonyl (C=O) groups excluding carboxylic acids is 1. The molecule has 1 saturated heterocycles. The van der Waals surface area contributed by atoms with E-state index in [1.807, 2.05) is 49.9 Å². The Balaban J connectivity index is 1.48. The molecule has 6 nitrogen and oxygen atoms in total. The molecule has 0 unspecified atom stereocenters. The van der Waals surface area contributed by atoms with E-state index >= 15 is 0 Å². The Kier molecular flexibility index (Phi) is 6.47. The molecular formula is C31H32N4O2. The zero-order valence-electron chi connectivity index (χ0n) is 21.9. The number of ether oxygens (including phenoxy) is 1. The fraction of sp³-hybridized carbons (Fsp3) is 0.323. The van der Waals surface area contributed by atoms with Crippen LogP contribution in [0.15, 0.2) is 66.9 Å². The Labute approximate surface area is 218 Å². The van der Waals surface area contributed by atoms with Gasteiger partial charge in [0.25, 0.3) is 0 Å². The van der Waals surface area contributed by atoms with Crippen molar-refractivity contribution < 1.29 is 9.53 Å². The number of fused-ring (bicyclic) bond motifs is 1.